The molecular formula is C42H51F3N5O7PS. The number of hydrogen-bond acceptors (Lipinski definition) is 7. The number of hydrogen-bond donors (Lipinski definition) is 4. The average molecular weight is 858 g/mol. The molecule has 2 aromatic carbocycles. The molecule has 4 heterocycles. The molecule has 1 aromatic heterocycles. The second-order valence-electron chi connectivity index (χ2n) is 17.4. The van der Waals surface area contributed by atoms with Crippen LogP contribution in [0.15, 0.2) is 54.6 Å². The minimum Gasteiger partial charge on any atom is -0.480 e. The molecule has 0 radical (unpaired) electrons. The van der Waals surface area contributed by atoms with Gasteiger partial charge in [-0.2, -0.15) is 0 Å². The number of aliphatic carboxylic acids is 1. The summed E-state index contributed by atoms with van der Waals surface area (Å²) >= 11 is 1.10. The average Bonchev–Trinajstić information content (AvgIpc) is 3.47. The number of benzene rings is 2. The molecule has 5 fully saturated rings. The molecule has 318 valence electrons. The van der Waals surface area contributed by atoms with Crippen molar-refractivity contribution in [1.29, 1.82) is 0 Å². The Labute approximate surface area is 345 Å². The Morgan fingerprint density at radius 1 is 0.983 bits per heavy atom. The molecule has 12 nitrogen and oxygen atoms in total. The Kier molecular flexibility index (Phi) is 11.5. The summed E-state index contributed by atoms with van der Waals surface area (Å²) in [4.78, 5) is 71.1. The number of nitrogens with one attached hydrogen (secondary N) is 2. The van der Waals surface area contributed by atoms with E-state index in [1.165, 1.54) is 29.8 Å². The highest BCUT2D eigenvalue weighted by molar-refractivity contribution is 7.56. The van der Waals surface area contributed by atoms with Crippen LogP contribution >= 0.6 is 18.9 Å². The van der Waals surface area contributed by atoms with Crippen LogP contribution in [0.3, 0.4) is 0 Å². The number of carboxylic acids is 1. The first-order valence-electron chi connectivity index (χ1n) is 20.6. The summed E-state index contributed by atoms with van der Waals surface area (Å²) < 4.78 is 55.6. The largest absolute Gasteiger partial charge is 0.480 e. The van der Waals surface area contributed by atoms with E-state index in [9.17, 15) is 37.4 Å². The second-order valence-corrected chi connectivity index (χ2v) is 20.5. The Hall–Kier alpha value is -3.82. The van der Waals surface area contributed by atoms with Gasteiger partial charge in [0.1, 0.15) is 18.1 Å². The number of fused-ring (bicyclic) bond motifs is 2. The van der Waals surface area contributed by atoms with E-state index in [-0.39, 0.29) is 58.3 Å². The number of carbonyl (C=O) groups is 4. The molecule has 1 spiro atoms. The fourth-order valence-electron chi connectivity index (χ4n) is 10.0. The van der Waals surface area contributed by atoms with E-state index in [1.807, 2.05) is 35.2 Å². The van der Waals surface area contributed by atoms with Crippen molar-refractivity contribution in [2.24, 2.45) is 5.92 Å². The highest BCUT2D eigenvalue weighted by Crippen LogP contribution is 2.55. The highest BCUT2D eigenvalue weighted by Gasteiger charge is 2.59. The Morgan fingerprint density at radius 2 is 1.71 bits per heavy atom. The van der Waals surface area contributed by atoms with Crippen LogP contribution < -0.4 is 10.4 Å². The van der Waals surface area contributed by atoms with Crippen LogP contribution in [-0.2, 0) is 18.9 Å². The zero-order valence-electron chi connectivity index (χ0n) is 33.0. The summed E-state index contributed by atoms with van der Waals surface area (Å²) in [5.41, 5.74) is 0.803. The summed E-state index contributed by atoms with van der Waals surface area (Å²) in [5.74, 6) is -5.21. The van der Waals surface area contributed by atoms with E-state index in [4.69, 9.17) is 5.11 Å². The first-order valence-corrected chi connectivity index (χ1v) is 23.1. The smallest absolute Gasteiger partial charge is 0.320 e. The Morgan fingerprint density at radius 3 is 2.39 bits per heavy atom. The van der Waals surface area contributed by atoms with Gasteiger partial charge in [-0.3, -0.25) is 23.7 Å². The zero-order chi connectivity index (χ0) is 42.0. The first kappa shape index (κ1) is 41.9. The molecule has 8 rings (SSSR count). The van der Waals surface area contributed by atoms with Crippen molar-refractivity contribution < 1.29 is 46.9 Å². The van der Waals surface area contributed by atoms with E-state index in [2.05, 4.69) is 22.3 Å². The van der Waals surface area contributed by atoms with Gasteiger partial charge in [0.15, 0.2) is 0 Å². The van der Waals surface area contributed by atoms with Crippen LogP contribution in [0.2, 0.25) is 0 Å². The molecule has 1 unspecified atom stereocenters. The minimum atomic E-state index is -4.80. The number of carbonyl (C=O) groups excluding carboxylic acids is 3. The number of carboxylic acid groups (broad SMARTS) is 1. The summed E-state index contributed by atoms with van der Waals surface area (Å²) in [6.07, 6.45) is 3.63. The maximum Gasteiger partial charge on any atom is 0.320 e. The third-order valence-electron chi connectivity index (χ3n) is 13.7. The molecule has 17 heteroatoms. The van der Waals surface area contributed by atoms with Crippen molar-refractivity contribution in [2.75, 3.05) is 13.6 Å². The summed E-state index contributed by atoms with van der Waals surface area (Å²) in [5, 5.41) is 14.5. The number of halogens is 3. The van der Waals surface area contributed by atoms with Crippen LogP contribution in [0.5, 0.6) is 0 Å². The van der Waals surface area contributed by atoms with Crippen LogP contribution in [0.25, 0.3) is 10.1 Å². The molecule has 3 amide bonds. The number of alkyl halides is 3. The quantitative estimate of drug-likeness (QED) is 0.146. The molecule has 4 N–H and O–H groups in total. The molecule has 3 saturated heterocycles. The predicted octanol–water partition coefficient (Wildman–Crippen LogP) is 6.65. The normalized spacial score (nSPS) is 29.8. The van der Waals surface area contributed by atoms with Gasteiger partial charge < -0.3 is 30.0 Å². The van der Waals surface area contributed by atoms with E-state index in [0.717, 1.165) is 37.5 Å². The molecule has 8 atom stereocenters. The minimum absolute atomic E-state index is 0.0212. The van der Waals surface area contributed by atoms with Gasteiger partial charge >= 0.3 is 13.5 Å². The van der Waals surface area contributed by atoms with Crippen molar-refractivity contribution in [3.8, 4) is 0 Å². The number of likely N-dealkylation sites (tertiary alicyclic amines) is 1. The lowest BCUT2D eigenvalue weighted by Gasteiger charge is -2.47. The third-order valence-corrected chi connectivity index (χ3v) is 16.5. The predicted molar refractivity (Wildman–Crippen MR) is 216 cm³/mol. The number of amides is 3. The molecule has 59 heavy (non-hydrogen) atoms. The molecule has 3 aromatic rings. The van der Waals surface area contributed by atoms with Gasteiger partial charge in [0.2, 0.25) is 24.2 Å². The van der Waals surface area contributed by atoms with Gasteiger partial charge in [-0.15, -0.1) is 11.3 Å². The number of nitrogens with zero attached hydrogens (tertiary/aromatic N) is 3. The van der Waals surface area contributed by atoms with Crippen molar-refractivity contribution >= 4 is 52.6 Å². The maximum absolute atomic E-state index is 15.4. The van der Waals surface area contributed by atoms with Crippen molar-refractivity contribution in [2.45, 2.75) is 131 Å². The maximum atomic E-state index is 15.4. The van der Waals surface area contributed by atoms with E-state index < -0.39 is 55.8 Å². The molecule has 0 bridgehead atoms. The van der Waals surface area contributed by atoms with Crippen molar-refractivity contribution in [3.05, 3.63) is 70.6 Å². The van der Waals surface area contributed by atoms with Gasteiger partial charge in [0.25, 0.3) is 5.91 Å². The van der Waals surface area contributed by atoms with Gasteiger partial charge in [0.05, 0.1) is 4.88 Å². The lowest BCUT2D eigenvalue weighted by Crippen LogP contribution is -2.59. The lowest BCUT2D eigenvalue weighted by molar-refractivity contribution is -0.148. The fourth-order valence-corrected chi connectivity index (χ4v) is 12.3. The van der Waals surface area contributed by atoms with Gasteiger partial charge in [-0.05, 0) is 113 Å². The third kappa shape index (κ3) is 8.19. The molecule has 3 aliphatic heterocycles. The van der Waals surface area contributed by atoms with E-state index in [0.29, 0.717) is 55.2 Å². The molecule has 2 aliphatic carbocycles. The van der Waals surface area contributed by atoms with Gasteiger partial charge in [-0.25, -0.2) is 18.3 Å². The highest BCUT2D eigenvalue weighted by atomic mass is 32.1. The first-order chi connectivity index (χ1) is 28.0. The Bertz CT molecular complexity index is 2150. The summed E-state index contributed by atoms with van der Waals surface area (Å²) in [6, 6.07) is 12.4. The number of thiophene rings is 1. The van der Waals surface area contributed by atoms with Gasteiger partial charge in [-0.1, -0.05) is 36.4 Å². The molecule has 2 saturated carbocycles. The van der Waals surface area contributed by atoms with E-state index in [1.54, 1.807) is 4.90 Å². The van der Waals surface area contributed by atoms with Gasteiger partial charge in [0, 0.05) is 46.7 Å². The summed E-state index contributed by atoms with van der Waals surface area (Å²) in [7, 11) is -2.85. The molecule has 5 aliphatic rings. The monoisotopic (exact) mass is 857 g/mol. The standard InChI is InChI=1S/C42H51F3N5O7PS/c1-23(41(54)55)47-58(56,57)37(45)25-8-13-34-26(16-25)19-35(59-34)38(51)46-32-11-9-29(48(2)31-17-27(18-31)36(43)44)20-30-10-12-33(50(30)39(32)52)40(53)49-22-28(21-42(49)14-15-42)24-6-4-3-5-7-24/h3-8,13,16,19,23,27-33,36-37H,9-12,14-15,17-18,20-22H2,1-2H3,(H,46,51)(H,54,55)(H2,47,56,57)/t23-,27?,28+,29-,30+,31?,32-,33-,37+/m0/s1. The van der Waals surface area contributed by atoms with Crippen molar-refractivity contribution in [1.82, 2.24) is 25.1 Å². The molecular weight excluding hydrogens is 807 g/mol. The zero-order valence-corrected chi connectivity index (χ0v) is 34.7. The second kappa shape index (κ2) is 16.2. The lowest BCUT2D eigenvalue weighted by atomic mass is 9.78. The SMILES string of the molecule is C[C@H](NP(=O)(O)[C@@H](F)c1ccc2sc(C(=O)N[C@H]3CC[C@H](N(C)C4CC(C(F)F)C4)C[C@H]4CC[C@@H](C(=O)N5C[C@H](c6ccccc6)CC56CC6)N4C3=O)cc2c1)C(=O)O. The van der Waals surface area contributed by atoms with Crippen molar-refractivity contribution in [3.63, 3.8) is 0 Å². The van der Waals surface area contributed by atoms with Crippen LogP contribution in [0.1, 0.15) is 104 Å². The van der Waals surface area contributed by atoms with E-state index >= 15 is 4.39 Å². The topological polar surface area (TPSA) is 160 Å². The Balaban J connectivity index is 1.03. The fraction of sp³-hybridized carbons (Fsp3) is 0.571. The van der Waals surface area contributed by atoms with Crippen LogP contribution in [0.4, 0.5) is 13.2 Å². The van der Waals surface area contributed by atoms with Crippen LogP contribution in [0, 0.1) is 5.92 Å². The van der Waals surface area contributed by atoms with Crippen LogP contribution in [-0.4, -0.2) is 110 Å². The number of rotatable bonds is 12. The summed E-state index contributed by atoms with van der Waals surface area (Å²) in [6.45, 7) is 1.71.